The molecule has 0 bridgehead atoms. The third-order valence-electron chi connectivity index (χ3n) is 4.58. The van der Waals surface area contributed by atoms with E-state index in [-0.39, 0.29) is 34.2 Å². The second-order valence-electron chi connectivity index (χ2n) is 6.21. The minimum Gasteiger partial charge on any atom is -0.272 e. The minimum absolute atomic E-state index is 0.167. The molecular formula is C16H16Cl2N2O3. The highest BCUT2D eigenvalue weighted by Crippen LogP contribution is 2.39. The van der Waals surface area contributed by atoms with Crippen LogP contribution < -0.4 is 5.43 Å². The highest BCUT2D eigenvalue weighted by atomic mass is 35.5. The molecule has 2 fully saturated rings. The molecule has 3 rings (SSSR count). The van der Waals surface area contributed by atoms with E-state index < -0.39 is 5.91 Å². The summed E-state index contributed by atoms with van der Waals surface area (Å²) in [6.45, 7) is 2.07. The van der Waals surface area contributed by atoms with Gasteiger partial charge in [0.2, 0.25) is 0 Å². The van der Waals surface area contributed by atoms with Crippen molar-refractivity contribution in [3.8, 4) is 0 Å². The summed E-state index contributed by atoms with van der Waals surface area (Å²) in [6.07, 6.45) is 2.29. The van der Waals surface area contributed by atoms with E-state index in [1.165, 1.54) is 18.2 Å². The van der Waals surface area contributed by atoms with Crippen molar-refractivity contribution in [2.75, 3.05) is 0 Å². The third kappa shape index (κ3) is 2.95. The van der Waals surface area contributed by atoms with E-state index >= 15 is 0 Å². The van der Waals surface area contributed by atoms with Crippen LogP contribution in [0.3, 0.4) is 0 Å². The molecule has 1 saturated carbocycles. The zero-order valence-corrected chi connectivity index (χ0v) is 14.0. The first-order chi connectivity index (χ1) is 10.9. The molecule has 122 valence electrons. The largest absolute Gasteiger partial charge is 0.272 e. The van der Waals surface area contributed by atoms with Gasteiger partial charge in [-0.2, -0.15) is 5.01 Å². The Hall–Kier alpha value is -1.59. The van der Waals surface area contributed by atoms with Gasteiger partial charge in [-0.25, -0.2) is 0 Å². The fourth-order valence-electron chi connectivity index (χ4n) is 3.34. The number of benzene rings is 1. The summed E-state index contributed by atoms with van der Waals surface area (Å²) < 4.78 is 0. The number of carbonyl (C=O) groups excluding carboxylic acids is 3. The van der Waals surface area contributed by atoms with Crippen molar-refractivity contribution in [2.24, 2.45) is 17.8 Å². The number of rotatable bonds is 2. The van der Waals surface area contributed by atoms with Crippen LogP contribution in [0, 0.1) is 17.8 Å². The normalized spacial score (nSPS) is 27.1. The average Bonchev–Trinajstić information content (AvgIpc) is 2.72. The molecule has 5 nitrogen and oxygen atoms in total. The first-order valence-corrected chi connectivity index (χ1v) is 8.28. The van der Waals surface area contributed by atoms with Crippen LogP contribution in [0.1, 0.15) is 36.5 Å². The van der Waals surface area contributed by atoms with Crippen LogP contribution in [0.2, 0.25) is 10.0 Å². The first-order valence-electron chi connectivity index (χ1n) is 7.52. The third-order valence-corrected chi connectivity index (χ3v) is 5.12. The summed E-state index contributed by atoms with van der Waals surface area (Å²) in [5, 5.41) is 1.43. The predicted molar refractivity (Wildman–Crippen MR) is 85.8 cm³/mol. The highest BCUT2D eigenvalue weighted by molar-refractivity contribution is 6.36. The summed E-state index contributed by atoms with van der Waals surface area (Å²) in [5.74, 6) is -1.49. The Morgan fingerprint density at radius 1 is 1.17 bits per heavy atom. The molecule has 1 heterocycles. The van der Waals surface area contributed by atoms with Gasteiger partial charge in [0.15, 0.2) is 0 Å². The van der Waals surface area contributed by atoms with E-state index in [1.807, 2.05) is 0 Å². The van der Waals surface area contributed by atoms with Gasteiger partial charge in [0.05, 0.1) is 22.4 Å². The molecule has 1 saturated heterocycles. The molecule has 7 heteroatoms. The molecule has 0 unspecified atom stereocenters. The predicted octanol–water partition coefficient (Wildman–Crippen LogP) is 3.06. The van der Waals surface area contributed by atoms with E-state index in [1.54, 1.807) is 0 Å². The summed E-state index contributed by atoms with van der Waals surface area (Å²) >= 11 is 11.8. The highest BCUT2D eigenvalue weighted by Gasteiger charge is 2.50. The molecule has 2 aliphatic rings. The first kappa shape index (κ1) is 16.3. The summed E-state index contributed by atoms with van der Waals surface area (Å²) in [5.41, 5.74) is 2.56. The van der Waals surface area contributed by atoms with E-state index in [4.69, 9.17) is 23.2 Å². The molecular weight excluding hydrogens is 339 g/mol. The van der Waals surface area contributed by atoms with Crippen molar-refractivity contribution in [1.29, 1.82) is 0 Å². The van der Waals surface area contributed by atoms with Crippen LogP contribution in [-0.4, -0.2) is 22.7 Å². The zero-order chi connectivity index (χ0) is 16.7. The fourth-order valence-corrected chi connectivity index (χ4v) is 3.83. The van der Waals surface area contributed by atoms with E-state index in [0.29, 0.717) is 23.8 Å². The summed E-state index contributed by atoms with van der Waals surface area (Å²) in [7, 11) is 0. The van der Waals surface area contributed by atoms with Gasteiger partial charge < -0.3 is 0 Å². The zero-order valence-electron chi connectivity index (χ0n) is 12.5. The standard InChI is InChI=1S/C16H16Cl2N2O3/c1-8-2-4-10-12(6-8)16(23)20(15(10)22)19-14(21)11-5-3-9(17)7-13(11)18/h3,5,7-8,10,12H,2,4,6H2,1H3,(H,19,21)/t8-,10+,12+/m0/s1. The lowest BCUT2D eigenvalue weighted by atomic mass is 9.76. The number of fused-ring (bicyclic) bond motifs is 1. The Bertz CT molecular complexity index is 692. The summed E-state index contributed by atoms with van der Waals surface area (Å²) in [6, 6.07) is 4.42. The Balaban J connectivity index is 1.78. The number of amides is 3. The van der Waals surface area contributed by atoms with Crippen LogP contribution in [-0.2, 0) is 9.59 Å². The smallest absolute Gasteiger partial charge is 0.271 e. The molecule has 1 aromatic rings. The Morgan fingerprint density at radius 3 is 2.57 bits per heavy atom. The van der Waals surface area contributed by atoms with Gasteiger partial charge >= 0.3 is 0 Å². The monoisotopic (exact) mass is 354 g/mol. The molecule has 1 aromatic carbocycles. The molecule has 23 heavy (non-hydrogen) atoms. The fraction of sp³-hybridized carbons (Fsp3) is 0.438. The summed E-state index contributed by atoms with van der Waals surface area (Å²) in [4.78, 5) is 37.1. The van der Waals surface area contributed by atoms with Crippen molar-refractivity contribution < 1.29 is 14.4 Å². The maximum Gasteiger partial charge on any atom is 0.271 e. The van der Waals surface area contributed by atoms with Crippen LogP contribution in [0.15, 0.2) is 18.2 Å². The Labute approximate surface area is 143 Å². The number of nitrogens with one attached hydrogen (secondary N) is 1. The molecule has 1 aliphatic heterocycles. The average molecular weight is 355 g/mol. The lowest BCUT2D eigenvalue weighted by Gasteiger charge is -2.25. The van der Waals surface area contributed by atoms with Gasteiger partial charge in [-0.3, -0.25) is 19.8 Å². The molecule has 0 aromatic heterocycles. The van der Waals surface area contributed by atoms with E-state index in [9.17, 15) is 14.4 Å². The SMILES string of the molecule is C[C@H]1CC[C@H]2C(=O)N(NC(=O)c3ccc(Cl)cc3Cl)C(=O)[C@@H]2C1. The van der Waals surface area contributed by atoms with Crippen LogP contribution in [0.4, 0.5) is 0 Å². The van der Waals surface area contributed by atoms with E-state index in [0.717, 1.165) is 11.4 Å². The maximum atomic E-state index is 12.4. The van der Waals surface area contributed by atoms with Gasteiger partial charge in [0, 0.05) is 5.02 Å². The second kappa shape index (κ2) is 6.13. The molecule has 3 atom stereocenters. The quantitative estimate of drug-likeness (QED) is 0.830. The van der Waals surface area contributed by atoms with E-state index in [2.05, 4.69) is 12.3 Å². The topological polar surface area (TPSA) is 66.5 Å². The number of nitrogens with zero attached hydrogens (tertiary/aromatic N) is 1. The van der Waals surface area contributed by atoms with Crippen molar-refractivity contribution in [2.45, 2.75) is 26.2 Å². The molecule has 1 aliphatic carbocycles. The molecule has 3 amide bonds. The van der Waals surface area contributed by atoms with Crippen LogP contribution in [0.25, 0.3) is 0 Å². The Morgan fingerprint density at radius 2 is 1.87 bits per heavy atom. The molecule has 0 radical (unpaired) electrons. The number of halogens is 2. The lowest BCUT2D eigenvalue weighted by molar-refractivity contribution is -0.142. The van der Waals surface area contributed by atoms with Gasteiger partial charge in [-0.15, -0.1) is 0 Å². The number of imide groups is 1. The van der Waals surface area contributed by atoms with Gasteiger partial charge in [0.1, 0.15) is 0 Å². The van der Waals surface area contributed by atoms with Gasteiger partial charge in [-0.05, 0) is 43.4 Å². The molecule has 0 spiro atoms. The number of hydrogen-bond acceptors (Lipinski definition) is 3. The molecule has 1 N–H and O–H groups in total. The van der Waals surface area contributed by atoms with Crippen molar-refractivity contribution in [3.63, 3.8) is 0 Å². The minimum atomic E-state index is -0.597. The van der Waals surface area contributed by atoms with Crippen LogP contribution >= 0.6 is 23.2 Å². The van der Waals surface area contributed by atoms with Crippen molar-refractivity contribution in [3.05, 3.63) is 33.8 Å². The van der Waals surface area contributed by atoms with Crippen molar-refractivity contribution in [1.82, 2.24) is 10.4 Å². The lowest BCUT2D eigenvalue weighted by Crippen LogP contribution is -2.46. The van der Waals surface area contributed by atoms with Crippen molar-refractivity contribution >= 4 is 40.9 Å². The van der Waals surface area contributed by atoms with Gasteiger partial charge in [0.25, 0.3) is 17.7 Å². The van der Waals surface area contributed by atoms with Crippen LogP contribution in [0.5, 0.6) is 0 Å². The number of hydrogen-bond donors (Lipinski definition) is 1. The number of carbonyl (C=O) groups is 3. The Kier molecular flexibility index (Phi) is 4.34. The number of hydrazine groups is 1. The second-order valence-corrected chi connectivity index (χ2v) is 7.05. The maximum absolute atomic E-state index is 12.4. The van der Waals surface area contributed by atoms with Gasteiger partial charge in [-0.1, -0.05) is 30.1 Å².